The minimum absolute atomic E-state index is 0.149. The molecule has 0 bridgehead atoms. The summed E-state index contributed by atoms with van der Waals surface area (Å²) in [5.74, 6) is 0.0208. The molecule has 0 aliphatic rings. The van der Waals surface area contributed by atoms with Crippen LogP contribution < -0.4 is 10.1 Å². The van der Waals surface area contributed by atoms with E-state index in [1.54, 1.807) is 19.2 Å². The van der Waals surface area contributed by atoms with Gasteiger partial charge in [0.05, 0.1) is 13.2 Å². The van der Waals surface area contributed by atoms with E-state index in [1.807, 2.05) is 20.0 Å². The maximum atomic E-state index is 14.0. The summed E-state index contributed by atoms with van der Waals surface area (Å²) in [5, 5.41) is 3.19. The van der Waals surface area contributed by atoms with Crippen LogP contribution in [0.15, 0.2) is 18.2 Å². The molecule has 0 aromatic heterocycles. The Bertz CT molecular complexity index is 371. The van der Waals surface area contributed by atoms with Crippen LogP contribution in [0.5, 0.6) is 5.75 Å². The molecule has 2 unspecified atom stereocenters. The van der Waals surface area contributed by atoms with Crippen molar-refractivity contribution in [1.82, 2.24) is 5.32 Å². The lowest BCUT2D eigenvalue weighted by Gasteiger charge is -2.20. The van der Waals surface area contributed by atoms with E-state index in [-0.39, 0.29) is 18.0 Å². The van der Waals surface area contributed by atoms with Gasteiger partial charge in [0.1, 0.15) is 0 Å². The summed E-state index contributed by atoms with van der Waals surface area (Å²) in [5.41, 5.74) is 0.664. The van der Waals surface area contributed by atoms with Crippen molar-refractivity contribution in [2.45, 2.75) is 31.9 Å². The number of halogens is 1. The van der Waals surface area contributed by atoms with Crippen LogP contribution in [0.1, 0.15) is 18.9 Å². The zero-order valence-corrected chi connectivity index (χ0v) is 11.5. The molecule has 0 radical (unpaired) electrons. The smallest absolute Gasteiger partial charge is 0.168 e. The predicted octanol–water partition coefficient (Wildman–Crippen LogP) is 2.39. The average molecular weight is 255 g/mol. The highest BCUT2D eigenvalue weighted by Crippen LogP contribution is 2.21. The fourth-order valence-corrected chi connectivity index (χ4v) is 1.94. The first-order valence-electron chi connectivity index (χ1n) is 6.13. The standard InChI is InChI=1S/C14H22FNO2/c1-10(17-3)8-12(16-2)9-11-6-5-7-13(18-4)14(11)15/h5-7,10,12,16H,8-9H2,1-4H3. The van der Waals surface area contributed by atoms with E-state index in [2.05, 4.69) is 5.32 Å². The van der Waals surface area contributed by atoms with Gasteiger partial charge in [0.25, 0.3) is 0 Å². The second-order valence-corrected chi connectivity index (χ2v) is 4.41. The van der Waals surface area contributed by atoms with Crippen molar-refractivity contribution in [2.75, 3.05) is 21.3 Å². The number of rotatable bonds is 7. The van der Waals surface area contributed by atoms with Gasteiger partial charge in [0.2, 0.25) is 0 Å². The van der Waals surface area contributed by atoms with Crippen molar-refractivity contribution in [1.29, 1.82) is 0 Å². The fraction of sp³-hybridized carbons (Fsp3) is 0.571. The molecule has 0 amide bonds. The SMILES string of the molecule is CNC(Cc1cccc(OC)c1F)CC(C)OC. The van der Waals surface area contributed by atoms with E-state index in [1.165, 1.54) is 7.11 Å². The Balaban J connectivity index is 2.75. The molecule has 2 atom stereocenters. The van der Waals surface area contributed by atoms with Crippen molar-refractivity contribution in [3.05, 3.63) is 29.6 Å². The third-order valence-corrected chi connectivity index (χ3v) is 3.16. The van der Waals surface area contributed by atoms with Crippen LogP contribution in [0, 0.1) is 5.82 Å². The largest absolute Gasteiger partial charge is 0.494 e. The summed E-state index contributed by atoms with van der Waals surface area (Å²) in [6.45, 7) is 2.01. The maximum absolute atomic E-state index is 14.0. The highest BCUT2D eigenvalue weighted by atomic mass is 19.1. The molecular formula is C14H22FNO2. The molecule has 18 heavy (non-hydrogen) atoms. The number of ether oxygens (including phenoxy) is 2. The Labute approximate surface area is 108 Å². The van der Waals surface area contributed by atoms with Gasteiger partial charge in [0, 0.05) is 13.2 Å². The van der Waals surface area contributed by atoms with E-state index < -0.39 is 0 Å². The molecule has 1 aromatic rings. The molecule has 0 spiro atoms. The molecule has 1 aromatic carbocycles. The number of hydrogen-bond acceptors (Lipinski definition) is 3. The van der Waals surface area contributed by atoms with Crippen LogP contribution in [0.4, 0.5) is 4.39 Å². The van der Waals surface area contributed by atoms with E-state index >= 15 is 0 Å². The zero-order chi connectivity index (χ0) is 13.5. The van der Waals surface area contributed by atoms with Crippen molar-refractivity contribution in [3.8, 4) is 5.75 Å². The van der Waals surface area contributed by atoms with Crippen molar-refractivity contribution in [2.24, 2.45) is 0 Å². The van der Waals surface area contributed by atoms with Crippen LogP contribution >= 0.6 is 0 Å². The lowest BCUT2D eigenvalue weighted by Crippen LogP contribution is -2.31. The van der Waals surface area contributed by atoms with E-state index in [0.717, 1.165) is 6.42 Å². The Morgan fingerprint density at radius 2 is 2.06 bits per heavy atom. The van der Waals surface area contributed by atoms with Crippen LogP contribution in [-0.4, -0.2) is 33.4 Å². The van der Waals surface area contributed by atoms with Crippen molar-refractivity contribution >= 4 is 0 Å². The van der Waals surface area contributed by atoms with Gasteiger partial charge in [-0.15, -0.1) is 0 Å². The second-order valence-electron chi connectivity index (χ2n) is 4.41. The lowest BCUT2D eigenvalue weighted by molar-refractivity contribution is 0.101. The molecule has 0 aliphatic carbocycles. The fourth-order valence-electron chi connectivity index (χ4n) is 1.94. The maximum Gasteiger partial charge on any atom is 0.168 e. The first kappa shape index (κ1) is 14.9. The van der Waals surface area contributed by atoms with Gasteiger partial charge in [-0.2, -0.15) is 0 Å². The highest BCUT2D eigenvalue weighted by molar-refractivity contribution is 5.31. The summed E-state index contributed by atoms with van der Waals surface area (Å²) < 4.78 is 24.2. The van der Waals surface area contributed by atoms with Crippen LogP contribution in [0.3, 0.4) is 0 Å². The van der Waals surface area contributed by atoms with Gasteiger partial charge >= 0.3 is 0 Å². The number of likely N-dealkylation sites (N-methyl/N-ethyl adjacent to an activating group) is 1. The zero-order valence-electron chi connectivity index (χ0n) is 11.5. The quantitative estimate of drug-likeness (QED) is 0.811. The van der Waals surface area contributed by atoms with Crippen LogP contribution in [0.2, 0.25) is 0 Å². The normalized spacial score (nSPS) is 14.3. The third kappa shape index (κ3) is 3.96. The topological polar surface area (TPSA) is 30.5 Å². The average Bonchev–Trinajstić information content (AvgIpc) is 2.39. The van der Waals surface area contributed by atoms with Gasteiger partial charge < -0.3 is 14.8 Å². The molecule has 0 heterocycles. The number of benzene rings is 1. The molecule has 4 heteroatoms. The minimum atomic E-state index is -0.273. The summed E-state index contributed by atoms with van der Waals surface area (Å²) >= 11 is 0. The molecule has 1 rings (SSSR count). The second kappa shape index (κ2) is 7.34. The highest BCUT2D eigenvalue weighted by Gasteiger charge is 2.15. The number of hydrogen-bond donors (Lipinski definition) is 1. The Morgan fingerprint density at radius 1 is 1.33 bits per heavy atom. The summed E-state index contributed by atoms with van der Waals surface area (Å²) in [6.07, 6.45) is 1.60. The molecular weight excluding hydrogens is 233 g/mol. The van der Waals surface area contributed by atoms with Gasteiger partial charge in [-0.1, -0.05) is 12.1 Å². The lowest BCUT2D eigenvalue weighted by atomic mass is 10.0. The molecule has 102 valence electrons. The van der Waals surface area contributed by atoms with Gasteiger partial charge in [-0.3, -0.25) is 0 Å². The van der Waals surface area contributed by atoms with Gasteiger partial charge in [-0.05, 0) is 38.4 Å². The first-order valence-corrected chi connectivity index (χ1v) is 6.13. The Morgan fingerprint density at radius 3 is 2.61 bits per heavy atom. The van der Waals surface area contributed by atoms with Gasteiger partial charge in [0.15, 0.2) is 11.6 Å². The Hall–Kier alpha value is -1.13. The summed E-state index contributed by atoms with van der Waals surface area (Å²) in [7, 11) is 5.04. The third-order valence-electron chi connectivity index (χ3n) is 3.16. The molecule has 0 fully saturated rings. The minimum Gasteiger partial charge on any atom is -0.494 e. The molecule has 1 N–H and O–H groups in total. The molecule has 0 saturated carbocycles. The molecule has 3 nitrogen and oxygen atoms in total. The van der Waals surface area contributed by atoms with E-state index in [9.17, 15) is 4.39 Å². The van der Waals surface area contributed by atoms with Crippen LogP contribution in [0.25, 0.3) is 0 Å². The van der Waals surface area contributed by atoms with Crippen molar-refractivity contribution in [3.63, 3.8) is 0 Å². The van der Waals surface area contributed by atoms with Gasteiger partial charge in [-0.25, -0.2) is 4.39 Å². The number of nitrogens with one attached hydrogen (secondary N) is 1. The molecule has 0 saturated heterocycles. The van der Waals surface area contributed by atoms with E-state index in [4.69, 9.17) is 9.47 Å². The predicted molar refractivity (Wildman–Crippen MR) is 70.6 cm³/mol. The van der Waals surface area contributed by atoms with Crippen molar-refractivity contribution < 1.29 is 13.9 Å². The summed E-state index contributed by atoms with van der Waals surface area (Å²) in [6, 6.07) is 5.41. The first-order chi connectivity index (χ1) is 8.62. The summed E-state index contributed by atoms with van der Waals surface area (Å²) in [4.78, 5) is 0. The Kier molecular flexibility index (Phi) is 6.09. The molecule has 0 aliphatic heterocycles. The van der Waals surface area contributed by atoms with E-state index in [0.29, 0.717) is 17.7 Å². The number of methoxy groups -OCH3 is 2. The van der Waals surface area contributed by atoms with Crippen LogP contribution in [-0.2, 0) is 11.2 Å². The monoisotopic (exact) mass is 255 g/mol.